The Morgan fingerprint density at radius 1 is 1.24 bits per heavy atom. The molecule has 0 atom stereocenters. The van der Waals surface area contributed by atoms with Gasteiger partial charge in [0.15, 0.2) is 11.5 Å². The zero-order chi connectivity index (χ0) is 14.9. The lowest BCUT2D eigenvalue weighted by Gasteiger charge is -2.22. The maximum Gasteiger partial charge on any atom is 0.230 e. The SMILES string of the molecule is CN(C)CCNC(=O)C1(c2ccc3c(c2)OCCO3)CC1. The molecule has 1 aliphatic carbocycles. The van der Waals surface area contributed by atoms with Crippen LogP contribution in [0.15, 0.2) is 18.2 Å². The minimum absolute atomic E-state index is 0.126. The van der Waals surface area contributed by atoms with Gasteiger partial charge in [0.1, 0.15) is 13.2 Å². The van der Waals surface area contributed by atoms with Crippen LogP contribution in [0.25, 0.3) is 0 Å². The number of benzene rings is 1. The van der Waals surface area contributed by atoms with Gasteiger partial charge in [-0.05, 0) is 44.6 Å². The van der Waals surface area contributed by atoms with Gasteiger partial charge in [-0.25, -0.2) is 0 Å². The molecule has 2 aliphatic rings. The first-order chi connectivity index (χ1) is 10.1. The molecule has 0 spiro atoms. The van der Waals surface area contributed by atoms with Gasteiger partial charge in [0.05, 0.1) is 5.41 Å². The van der Waals surface area contributed by atoms with E-state index in [2.05, 4.69) is 10.2 Å². The van der Waals surface area contributed by atoms with Gasteiger partial charge in [-0.1, -0.05) is 6.07 Å². The van der Waals surface area contributed by atoms with Crippen LogP contribution in [0.3, 0.4) is 0 Å². The number of carbonyl (C=O) groups is 1. The summed E-state index contributed by atoms with van der Waals surface area (Å²) < 4.78 is 11.1. The highest BCUT2D eigenvalue weighted by molar-refractivity contribution is 5.91. The number of fused-ring (bicyclic) bond motifs is 1. The molecule has 1 N–H and O–H groups in total. The molecule has 0 unspecified atom stereocenters. The van der Waals surface area contributed by atoms with Gasteiger partial charge >= 0.3 is 0 Å². The van der Waals surface area contributed by atoms with E-state index < -0.39 is 0 Å². The first kappa shape index (κ1) is 14.2. The van der Waals surface area contributed by atoms with E-state index in [9.17, 15) is 4.79 Å². The summed E-state index contributed by atoms with van der Waals surface area (Å²) in [6.45, 7) is 2.68. The third-order valence-corrected chi connectivity index (χ3v) is 4.12. The highest BCUT2D eigenvalue weighted by Gasteiger charge is 2.51. The summed E-state index contributed by atoms with van der Waals surface area (Å²) in [6, 6.07) is 5.87. The van der Waals surface area contributed by atoms with Gasteiger partial charge in [0.2, 0.25) is 5.91 Å². The Hall–Kier alpha value is -1.75. The van der Waals surface area contributed by atoms with Gasteiger partial charge in [0.25, 0.3) is 0 Å². The highest BCUT2D eigenvalue weighted by atomic mass is 16.6. The number of rotatable bonds is 5. The minimum atomic E-state index is -0.359. The predicted octanol–water partition coefficient (Wildman–Crippen LogP) is 1.17. The molecule has 21 heavy (non-hydrogen) atoms. The molecule has 0 saturated heterocycles. The Bertz CT molecular complexity index is 538. The molecule has 3 rings (SSSR count). The van der Waals surface area contributed by atoms with Crippen molar-refractivity contribution in [3.05, 3.63) is 23.8 Å². The third-order valence-electron chi connectivity index (χ3n) is 4.12. The molecule has 114 valence electrons. The molecule has 1 aromatic rings. The number of amides is 1. The van der Waals surface area contributed by atoms with Gasteiger partial charge < -0.3 is 19.7 Å². The molecule has 1 saturated carbocycles. The van der Waals surface area contributed by atoms with Crippen molar-refractivity contribution in [2.75, 3.05) is 40.4 Å². The summed E-state index contributed by atoms with van der Waals surface area (Å²) in [4.78, 5) is 14.5. The second-order valence-electron chi connectivity index (χ2n) is 6.00. The van der Waals surface area contributed by atoms with Crippen molar-refractivity contribution in [1.82, 2.24) is 10.2 Å². The molecule has 0 radical (unpaired) electrons. The van der Waals surface area contributed by atoms with Crippen LogP contribution in [0.4, 0.5) is 0 Å². The highest BCUT2D eigenvalue weighted by Crippen LogP contribution is 2.50. The van der Waals surface area contributed by atoms with Crippen LogP contribution in [0.1, 0.15) is 18.4 Å². The smallest absolute Gasteiger partial charge is 0.230 e. The summed E-state index contributed by atoms with van der Waals surface area (Å²) in [5.41, 5.74) is 0.677. The molecule has 0 bridgehead atoms. The normalized spacial score (nSPS) is 18.4. The van der Waals surface area contributed by atoms with Crippen LogP contribution in [-0.2, 0) is 10.2 Å². The van der Waals surface area contributed by atoms with Gasteiger partial charge in [-0.15, -0.1) is 0 Å². The van der Waals surface area contributed by atoms with Crippen molar-refractivity contribution >= 4 is 5.91 Å². The summed E-state index contributed by atoms with van der Waals surface area (Å²) in [7, 11) is 4.00. The van der Waals surface area contributed by atoms with Crippen molar-refractivity contribution in [3.8, 4) is 11.5 Å². The van der Waals surface area contributed by atoms with Crippen LogP contribution < -0.4 is 14.8 Å². The van der Waals surface area contributed by atoms with E-state index in [1.54, 1.807) is 0 Å². The van der Waals surface area contributed by atoms with Crippen molar-refractivity contribution in [2.45, 2.75) is 18.3 Å². The zero-order valence-corrected chi connectivity index (χ0v) is 12.6. The van der Waals surface area contributed by atoms with Crippen LogP contribution in [0, 0.1) is 0 Å². The molecule has 1 aromatic carbocycles. The Morgan fingerprint density at radius 2 is 1.95 bits per heavy atom. The number of ether oxygens (including phenoxy) is 2. The fourth-order valence-corrected chi connectivity index (χ4v) is 2.68. The second-order valence-corrected chi connectivity index (χ2v) is 6.00. The molecular formula is C16H22N2O3. The van der Waals surface area contributed by atoms with Gasteiger partial charge in [-0.3, -0.25) is 4.79 Å². The second kappa shape index (κ2) is 5.56. The quantitative estimate of drug-likeness (QED) is 0.884. The number of nitrogens with one attached hydrogen (secondary N) is 1. The van der Waals surface area contributed by atoms with Gasteiger partial charge in [0, 0.05) is 13.1 Å². The zero-order valence-electron chi connectivity index (χ0n) is 12.6. The van der Waals surface area contributed by atoms with E-state index >= 15 is 0 Å². The Morgan fingerprint density at radius 3 is 2.62 bits per heavy atom. The Labute approximate surface area is 125 Å². The van der Waals surface area contributed by atoms with E-state index in [0.717, 1.165) is 36.4 Å². The molecule has 1 amide bonds. The fourth-order valence-electron chi connectivity index (χ4n) is 2.68. The average Bonchev–Trinajstić information content (AvgIpc) is 3.28. The maximum atomic E-state index is 12.5. The number of hydrogen-bond donors (Lipinski definition) is 1. The molecule has 1 heterocycles. The molecular weight excluding hydrogens is 268 g/mol. The first-order valence-electron chi connectivity index (χ1n) is 7.45. The largest absolute Gasteiger partial charge is 0.486 e. The average molecular weight is 290 g/mol. The van der Waals surface area contributed by atoms with Crippen molar-refractivity contribution in [3.63, 3.8) is 0 Å². The van der Waals surface area contributed by atoms with E-state index in [0.29, 0.717) is 19.8 Å². The van der Waals surface area contributed by atoms with Crippen molar-refractivity contribution in [2.24, 2.45) is 0 Å². The summed E-state index contributed by atoms with van der Waals surface area (Å²) >= 11 is 0. The van der Waals surface area contributed by atoms with E-state index in [-0.39, 0.29) is 11.3 Å². The molecule has 0 aromatic heterocycles. The lowest BCUT2D eigenvalue weighted by Crippen LogP contribution is -2.38. The van der Waals surface area contributed by atoms with E-state index in [1.807, 2.05) is 32.3 Å². The molecule has 5 nitrogen and oxygen atoms in total. The van der Waals surface area contributed by atoms with Crippen LogP contribution >= 0.6 is 0 Å². The summed E-state index contributed by atoms with van der Waals surface area (Å²) in [6.07, 6.45) is 1.81. The van der Waals surface area contributed by atoms with E-state index in [4.69, 9.17) is 9.47 Å². The Balaban J connectivity index is 1.71. The first-order valence-corrected chi connectivity index (χ1v) is 7.45. The van der Waals surface area contributed by atoms with E-state index in [1.165, 1.54) is 0 Å². The van der Waals surface area contributed by atoms with Crippen LogP contribution in [0.2, 0.25) is 0 Å². The topological polar surface area (TPSA) is 50.8 Å². The third kappa shape index (κ3) is 2.83. The fraction of sp³-hybridized carbons (Fsp3) is 0.562. The lowest BCUT2D eigenvalue weighted by atomic mass is 9.94. The molecule has 1 aliphatic heterocycles. The van der Waals surface area contributed by atoms with Crippen molar-refractivity contribution < 1.29 is 14.3 Å². The lowest BCUT2D eigenvalue weighted by molar-refractivity contribution is -0.123. The predicted molar refractivity (Wildman–Crippen MR) is 79.9 cm³/mol. The number of hydrogen-bond acceptors (Lipinski definition) is 4. The monoisotopic (exact) mass is 290 g/mol. The van der Waals surface area contributed by atoms with Crippen LogP contribution in [-0.4, -0.2) is 51.2 Å². The minimum Gasteiger partial charge on any atom is -0.486 e. The van der Waals surface area contributed by atoms with Crippen LogP contribution in [0.5, 0.6) is 11.5 Å². The standard InChI is InChI=1S/C16H22N2O3/c1-18(2)8-7-17-15(19)16(5-6-16)12-3-4-13-14(11-12)21-10-9-20-13/h3-4,11H,5-10H2,1-2H3,(H,17,19). The Kier molecular flexibility index (Phi) is 3.76. The molecule has 5 heteroatoms. The summed E-state index contributed by atoms with van der Waals surface area (Å²) in [5, 5.41) is 3.04. The number of nitrogens with zero attached hydrogens (tertiary/aromatic N) is 1. The molecule has 1 fully saturated rings. The number of likely N-dealkylation sites (N-methyl/N-ethyl adjacent to an activating group) is 1. The number of carbonyl (C=O) groups excluding carboxylic acids is 1. The summed E-state index contributed by atoms with van der Waals surface area (Å²) in [5.74, 6) is 1.65. The van der Waals surface area contributed by atoms with Crippen molar-refractivity contribution in [1.29, 1.82) is 0 Å². The maximum absolute atomic E-state index is 12.5. The van der Waals surface area contributed by atoms with Gasteiger partial charge in [-0.2, -0.15) is 0 Å².